The molecule has 0 aliphatic carbocycles. The van der Waals surface area contributed by atoms with Crippen molar-refractivity contribution in [2.45, 2.75) is 24.5 Å². The zero-order chi connectivity index (χ0) is 18.8. The summed E-state index contributed by atoms with van der Waals surface area (Å²) in [5.41, 5.74) is 2.42. The Morgan fingerprint density at radius 2 is 2.11 bits per heavy atom. The second-order valence-electron chi connectivity index (χ2n) is 7.00. The molecule has 0 N–H and O–H groups in total. The molecule has 2 aromatic heterocycles. The van der Waals surface area contributed by atoms with Crippen LogP contribution in [0.5, 0.6) is 0 Å². The highest BCUT2D eigenvalue weighted by Crippen LogP contribution is 2.27. The van der Waals surface area contributed by atoms with E-state index >= 15 is 0 Å². The number of pyridine rings is 1. The first-order valence-corrected chi connectivity index (χ1v) is 10.8. The lowest BCUT2D eigenvalue weighted by molar-refractivity contribution is 0.0704. The molecule has 0 saturated carbocycles. The summed E-state index contributed by atoms with van der Waals surface area (Å²) >= 11 is 0. The number of hydrogen-bond acceptors (Lipinski definition) is 4. The maximum absolute atomic E-state index is 13.0. The molecule has 1 saturated heterocycles. The first-order valence-electron chi connectivity index (χ1n) is 9.10. The average Bonchev–Trinajstić information content (AvgIpc) is 3.11. The van der Waals surface area contributed by atoms with Crippen molar-refractivity contribution >= 4 is 22.4 Å². The second kappa shape index (κ2) is 7.60. The number of piperidine rings is 1. The average molecular weight is 382 g/mol. The summed E-state index contributed by atoms with van der Waals surface area (Å²) < 4.78 is 13.5. The van der Waals surface area contributed by atoms with E-state index in [-0.39, 0.29) is 11.8 Å². The fraction of sp³-hybridized carbons (Fsp3) is 0.350. The molecule has 2 unspecified atom stereocenters. The number of hydrogen-bond donors (Lipinski definition) is 0. The zero-order valence-corrected chi connectivity index (χ0v) is 16.1. The Kier molecular flexibility index (Phi) is 5.03. The molecular formula is C20H22N4O2S. The van der Waals surface area contributed by atoms with Gasteiger partial charge in [0.1, 0.15) is 5.82 Å². The van der Waals surface area contributed by atoms with Gasteiger partial charge in [-0.3, -0.25) is 13.4 Å². The Hall–Kier alpha value is -2.54. The molecule has 4 rings (SSSR count). The lowest BCUT2D eigenvalue weighted by atomic mass is 9.96. The molecule has 1 amide bonds. The minimum Gasteiger partial charge on any atom is -0.338 e. The highest BCUT2D eigenvalue weighted by molar-refractivity contribution is 7.83. The van der Waals surface area contributed by atoms with Crippen LogP contribution in [0, 0.1) is 0 Å². The number of fused-ring (bicyclic) bond motifs is 1. The van der Waals surface area contributed by atoms with Gasteiger partial charge in [-0.2, -0.15) is 0 Å². The van der Waals surface area contributed by atoms with Crippen molar-refractivity contribution in [3.63, 3.8) is 0 Å². The van der Waals surface area contributed by atoms with Crippen LogP contribution in [-0.4, -0.2) is 49.0 Å². The fourth-order valence-corrected chi connectivity index (χ4v) is 4.37. The molecule has 3 aromatic rings. The molecule has 3 heterocycles. The summed E-state index contributed by atoms with van der Waals surface area (Å²) in [6.45, 7) is 1.38. The molecule has 6 nitrogen and oxygen atoms in total. The summed E-state index contributed by atoms with van der Waals surface area (Å²) in [7, 11) is -0.925. The molecular weight excluding hydrogens is 360 g/mol. The van der Waals surface area contributed by atoms with Crippen molar-refractivity contribution in [1.29, 1.82) is 0 Å². The van der Waals surface area contributed by atoms with Crippen molar-refractivity contribution in [3.05, 3.63) is 65.6 Å². The van der Waals surface area contributed by atoms with Gasteiger partial charge >= 0.3 is 0 Å². The SMILES string of the molecule is CS(=O)Cc1cccc(C(=O)N2CCCC(c3nnc4ccccn34)C2)c1. The van der Waals surface area contributed by atoms with E-state index in [1.54, 1.807) is 6.26 Å². The summed E-state index contributed by atoms with van der Waals surface area (Å²) in [5.74, 6) is 1.58. The third-order valence-corrected chi connectivity index (χ3v) is 5.70. The molecule has 0 spiro atoms. The van der Waals surface area contributed by atoms with E-state index in [4.69, 9.17) is 0 Å². The molecule has 0 radical (unpaired) electrons. The minimum absolute atomic E-state index is 0.0252. The number of carbonyl (C=O) groups is 1. The third kappa shape index (κ3) is 3.78. The van der Waals surface area contributed by atoms with Crippen molar-refractivity contribution < 1.29 is 9.00 Å². The predicted molar refractivity (Wildman–Crippen MR) is 105 cm³/mol. The molecule has 2 atom stereocenters. The summed E-state index contributed by atoms with van der Waals surface area (Å²) in [5, 5.41) is 8.62. The molecule has 27 heavy (non-hydrogen) atoms. The fourth-order valence-electron chi connectivity index (χ4n) is 3.72. The van der Waals surface area contributed by atoms with Gasteiger partial charge in [0.15, 0.2) is 5.65 Å². The largest absolute Gasteiger partial charge is 0.338 e. The third-order valence-electron chi connectivity index (χ3n) is 4.96. The van der Waals surface area contributed by atoms with E-state index in [0.717, 1.165) is 36.4 Å². The number of amides is 1. The standard InChI is InChI=1S/C20H22N4O2S/c1-27(26)14-15-6-4-7-16(12-15)20(25)23-10-5-8-17(13-23)19-22-21-18-9-2-3-11-24(18)19/h2-4,6-7,9,11-12,17H,5,8,10,13-14H2,1H3. The Morgan fingerprint density at radius 1 is 1.22 bits per heavy atom. The molecule has 1 fully saturated rings. The van der Waals surface area contributed by atoms with E-state index < -0.39 is 10.8 Å². The van der Waals surface area contributed by atoms with Crippen LogP contribution in [0.25, 0.3) is 5.65 Å². The lowest BCUT2D eigenvalue weighted by Crippen LogP contribution is -2.39. The summed E-state index contributed by atoms with van der Waals surface area (Å²) in [6.07, 6.45) is 5.58. The molecule has 1 aliphatic heterocycles. The zero-order valence-electron chi connectivity index (χ0n) is 15.2. The van der Waals surface area contributed by atoms with Gasteiger partial charge in [-0.05, 0) is 42.7 Å². The van der Waals surface area contributed by atoms with Gasteiger partial charge in [-0.15, -0.1) is 10.2 Å². The number of benzene rings is 1. The molecule has 7 heteroatoms. The molecule has 0 bridgehead atoms. The Morgan fingerprint density at radius 3 is 2.96 bits per heavy atom. The van der Waals surface area contributed by atoms with Gasteiger partial charge in [-0.25, -0.2) is 0 Å². The lowest BCUT2D eigenvalue weighted by Gasteiger charge is -2.32. The first kappa shape index (κ1) is 17.9. The van der Waals surface area contributed by atoms with Crippen molar-refractivity contribution in [3.8, 4) is 0 Å². The van der Waals surface area contributed by atoms with Crippen molar-refractivity contribution in [2.24, 2.45) is 0 Å². The number of aromatic nitrogens is 3. The number of rotatable bonds is 4. The van der Waals surface area contributed by atoms with Crippen molar-refractivity contribution in [2.75, 3.05) is 19.3 Å². The van der Waals surface area contributed by atoms with Gasteiger partial charge in [0.05, 0.1) is 0 Å². The highest BCUT2D eigenvalue weighted by atomic mass is 32.2. The topological polar surface area (TPSA) is 67.6 Å². The predicted octanol–water partition coefficient (Wildman–Crippen LogP) is 2.63. The van der Waals surface area contributed by atoms with Gasteiger partial charge in [0.25, 0.3) is 5.91 Å². The normalized spacial score (nSPS) is 18.6. The maximum Gasteiger partial charge on any atom is 0.253 e. The van der Waals surface area contributed by atoms with Crippen LogP contribution in [-0.2, 0) is 16.6 Å². The van der Waals surface area contributed by atoms with Gasteiger partial charge in [0, 0.05) is 53.6 Å². The van der Waals surface area contributed by atoms with E-state index in [9.17, 15) is 9.00 Å². The van der Waals surface area contributed by atoms with Crippen LogP contribution in [0.2, 0.25) is 0 Å². The summed E-state index contributed by atoms with van der Waals surface area (Å²) in [4.78, 5) is 14.9. The first-order chi connectivity index (χ1) is 13.1. The number of carbonyl (C=O) groups excluding carboxylic acids is 1. The van der Waals surface area contributed by atoms with Crippen LogP contribution in [0.1, 0.15) is 40.5 Å². The van der Waals surface area contributed by atoms with Crippen LogP contribution < -0.4 is 0 Å². The van der Waals surface area contributed by atoms with Crippen LogP contribution in [0.3, 0.4) is 0 Å². The Labute approximate surface area is 160 Å². The van der Waals surface area contributed by atoms with Crippen molar-refractivity contribution in [1.82, 2.24) is 19.5 Å². The highest BCUT2D eigenvalue weighted by Gasteiger charge is 2.28. The van der Waals surface area contributed by atoms with Crippen LogP contribution in [0.15, 0.2) is 48.7 Å². The van der Waals surface area contributed by atoms with E-state index in [2.05, 4.69) is 10.2 Å². The minimum atomic E-state index is -0.925. The smallest absolute Gasteiger partial charge is 0.253 e. The molecule has 1 aromatic carbocycles. The quantitative estimate of drug-likeness (QED) is 0.696. The Balaban J connectivity index is 1.54. The van der Waals surface area contributed by atoms with E-state index in [0.29, 0.717) is 17.9 Å². The van der Waals surface area contributed by atoms with Gasteiger partial charge in [0.2, 0.25) is 0 Å². The van der Waals surface area contributed by atoms with Crippen LogP contribution in [0.4, 0.5) is 0 Å². The number of nitrogens with zero attached hydrogens (tertiary/aromatic N) is 4. The summed E-state index contributed by atoms with van der Waals surface area (Å²) in [6, 6.07) is 13.3. The monoisotopic (exact) mass is 382 g/mol. The van der Waals surface area contributed by atoms with Gasteiger partial charge in [-0.1, -0.05) is 18.2 Å². The molecule has 140 valence electrons. The Bertz CT molecular complexity index is 1000. The van der Waals surface area contributed by atoms with E-state index in [1.807, 2.05) is 58.0 Å². The maximum atomic E-state index is 13.0. The molecule has 1 aliphatic rings. The van der Waals surface area contributed by atoms with Gasteiger partial charge < -0.3 is 4.90 Å². The number of likely N-dealkylation sites (tertiary alicyclic amines) is 1. The second-order valence-corrected chi connectivity index (χ2v) is 8.43. The van der Waals surface area contributed by atoms with Crippen LogP contribution >= 0.6 is 0 Å². The van der Waals surface area contributed by atoms with E-state index in [1.165, 1.54) is 0 Å².